The van der Waals surface area contributed by atoms with E-state index in [1.54, 1.807) is 19.1 Å². The van der Waals surface area contributed by atoms with E-state index in [-0.39, 0.29) is 5.91 Å². The van der Waals surface area contributed by atoms with Crippen molar-refractivity contribution in [3.05, 3.63) is 27.7 Å². The Bertz CT molecular complexity index is 643. The first kappa shape index (κ1) is 21.6. The van der Waals surface area contributed by atoms with Gasteiger partial charge in [-0.05, 0) is 43.9 Å². The lowest BCUT2D eigenvalue weighted by molar-refractivity contribution is -0.129. The van der Waals surface area contributed by atoms with Crippen molar-refractivity contribution in [1.29, 1.82) is 5.26 Å². The zero-order valence-electron chi connectivity index (χ0n) is 15.3. The SMILES string of the molecule is CCCC(Oc1ccc(Cl)c(C)c1Cl)C(=O)NC(C#N)(CC)CCC. The summed E-state index contributed by atoms with van der Waals surface area (Å²) in [4.78, 5) is 12.8. The van der Waals surface area contributed by atoms with Gasteiger partial charge in [0, 0.05) is 5.02 Å². The van der Waals surface area contributed by atoms with Crippen molar-refractivity contribution in [2.24, 2.45) is 0 Å². The Kier molecular flexibility index (Phi) is 8.55. The van der Waals surface area contributed by atoms with Crippen molar-refractivity contribution < 1.29 is 9.53 Å². The number of nitriles is 1. The summed E-state index contributed by atoms with van der Waals surface area (Å²) in [6.45, 7) is 7.66. The highest BCUT2D eigenvalue weighted by atomic mass is 35.5. The van der Waals surface area contributed by atoms with E-state index in [4.69, 9.17) is 27.9 Å². The molecule has 0 saturated heterocycles. The molecule has 25 heavy (non-hydrogen) atoms. The van der Waals surface area contributed by atoms with Crippen LogP contribution in [0.1, 0.15) is 58.4 Å². The van der Waals surface area contributed by atoms with Gasteiger partial charge in [-0.15, -0.1) is 0 Å². The summed E-state index contributed by atoms with van der Waals surface area (Å²) in [5.41, 5.74) is -0.150. The fraction of sp³-hybridized carbons (Fsp3) is 0.579. The van der Waals surface area contributed by atoms with E-state index in [0.717, 1.165) is 12.8 Å². The number of ether oxygens (including phenoxy) is 1. The van der Waals surface area contributed by atoms with E-state index in [0.29, 0.717) is 40.6 Å². The summed E-state index contributed by atoms with van der Waals surface area (Å²) in [7, 11) is 0. The highest BCUT2D eigenvalue weighted by molar-refractivity contribution is 6.36. The fourth-order valence-corrected chi connectivity index (χ4v) is 3.04. The third kappa shape index (κ3) is 5.52. The van der Waals surface area contributed by atoms with Crippen LogP contribution < -0.4 is 10.1 Å². The van der Waals surface area contributed by atoms with Gasteiger partial charge >= 0.3 is 0 Å². The molecule has 1 aromatic rings. The highest BCUT2D eigenvalue weighted by Gasteiger charge is 2.32. The average Bonchev–Trinajstić information content (AvgIpc) is 2.60. The summed E-state index contributed by atoms with van der Waals surface area (Å²) in [6.07, 6.45) is 2.54. The molecule has 0 aliphatic rings. The first-order valence-corrected chi connectivity index (χ1v) is 9.44. The zero-order valence-corrected chi connectivity index (χ0v) is 16.8. The van der Waals surface area contributed by atoms with Gasteiger partial charge in [-0.1, -0.05) is 56.8 Å². The molecule has 0 aliphatic carbocycles. The van der Waals surface area contributed by atoms with Gasteiger partial charge in [0.25, 0.3) is 5.91 Å². The van der Waals surface area contributed by atoms with Gasteiger partial charge in [-0.3, -0.25) is 4.79 Å². The molecule has 0 aromatic heterocycles. The lowest BCUT2D eigenvalue weighted by atomic mass is 9.92. The molecule has 1 amide bonds. The van der Waals surface area contributed by atoms with E-state index in [9.17, 15) is 10.1 Å². The van der Waals surface area contributed by atoms with Gasteiger partial charge in [0.05, 0.1) is 11.1 Å². The first-order chi connectivity index (χ1) is 11.8. The summed E-state index contributed by atoms with van der Waals surface area (Å²) >= 11 is 12.3. The number of carbonyl (C=O) groups excluding carboxylic acids is 1. The molecule has 0 heterocycles. The number of hydrogen-bond donors (Lipinski definition) is 1. The topological polar surface area (TPSA) is 62.1 Å². The maximum atomic E-state index is 12.8. The standard InChI is InChI=1S/C19H26Cl2N2O2/c1-5-8-16(18(24)23-19(7-3,12-22)11-6-2)25-15-10-9-14(20)13(4)17(15)21/h9-10,16H,5-8,11H2,1-4H3,(H,23,24). The Hall–Kier alpha value is -1.44. The van der Waals surface area contributed by atoms with Gasteiger partial charge in [0.15, 0.2) is 6.10 Å². The molecule has 1 N–H and O–H groups in total. The molecular weight excluding hydrogens is 359 g/mol. The van der Waals surface area contributed by atoms with Crippen LogP contribution in [0.5, 0.6) is 5.75 Å². The van der Waals surface area contributed by atoms with Crippen LogP contribution in [-0.2, 0) is 4.79 Å². The molecule has 0 fully saturated rings. The molecule has 2 unspecified atom stereocenters. The molecule has 4 nitrogen and oxygen atoms in total. The van der Waals surface area contributed by atoms with Crippen LogP contribution in [-0.4, -0.2) is 17.6 Å². The second kappa shape index (κ2) is 9.89. The molecule has 6 heteroatoms. The summed E-state index contributed by atoms with van der Waals surface area (Å²) in [6, 6.07) is 5.61. The number of benzene rings is 1. The number of carbonyl (C=O) groups is 1. The maximum Gasteiger partial charge on any atom is 0.262 e. The van der Waals surface area contributed by atoms with Crippen molar-refractivity contribution >= 4 is 29.1 Å². The number of amides is 1. The van der Waals surface area contributed by atoms with Crippen LogP contribution in [0.4, 0.5) is 0 Å². The van der Waals surface area contributed by atoms with E-state index in [2.05, 4.69) is 11.4 Å². The van der Waals surface area contributed by atoms with Crippen LogP contribution in [0, 0.1) is 18.3 Å². The Balaban J connectivity index is 3.02. The number of hydrogen-bond acceptors (Lipinski definition) is 3. The Labute approximate surface area is 160 Å². The largest absolute Gasteiger partial charge is 0.479 e. The monoisotopic (exact) mass is 384 g/mol. The van der Waals surface area contributed by atoms with Crippen molar-refractivity contribution in [1.82, 2.24) is 5.32 Å². The average molecular weight is 385 g/mol. The molecule has 1 rings (SSSR count). The molecule has 2 atom stereocenters. The number of nitrogens with one attached hydrogen (secondary N) is 1. The second-order valence-electron chi connectivity index (χ2n) is 6.17. The fourth-order valence-electron chi connectivity index (χ4n) is 2.62. The highest BCUT2D eigenvalue weighted by Crippen LogP contribution is 2.33. The predicted octanol–water partition coefficient (Wildman–Crippen LogP) is 5.44. The van der Waals surface area contributed by atoms with Crippen LogP contribution in [0.2, 0.25) is 10.0 Å². The maximum absolute atomic E-state index is 12.8. The molecule has 1 aromatic carbocycles. The van der Waals surface area contributed by atoms with Crippen molar-refractivity contribution in [2.45, 2.75) is 71.4 Å². The smallest absolute Gasteiger partial charge is 0.262 e. The molecule has 0 spiro atoms. The number of nitrogens with zero attached hydrogens (tertiary/aromatic N) is 1. The lowest BCUT2D eigenvalue weighted by Gasteiger charge is -2.29. The molecule has 0 aliphatic heterocycles. The van der Waals surface area contributed by atoms with Crippen molar-refractivity contribution in [2.75, 3.05) is 0 Å². The van der Waals surface area contributed by atoms with Crippen LogP contribution in [0.3, 0.4) is 0 Å². The normalized spacial score (nSPS) is 14.3. The minimum atomic E-state index is -0.860. The van der Waals surface area contributed by atoms with Crippen LogP contribution in [0.15, 0.2) is 12.1 Å². The van der Waals surface area contributed by atoms with Gasteiger partial charge in [-0.25, -0.2) is 0 Å². The first-order valence-electron chi connectivity index (χ1n) is 8.68. The van der Waals surface area contributed by atoms with E-state index >= 15 is 0 Å². The quantitative estimate of drug-likeness (QED) is 0.616. The van der Waals surface area contributed by atoms with E-state index in [1.165, 1.54) is 0 Å². The van der Waals surface area contributed by atoms with Crippen molar-refractivity contribution in [3.8, 4) is 11.8 Å². The molecule has 0 saturated carbocycles. The van der Waals surface area contributed by atoms with E-state index < -0.39 is 11.6 Å². The van der Waals surface area contributed by atoms with Crippen LogP contribution >= 0.6 is 23.2 Å². The number of halogens is 2. The molecular formula is C19H26Cl2N2O2. The summed E-state index contributed by atoms with van der Waals surface area (Å²) in [5.74, 6) is 0.133. The molecule has 0 radical (unpaired) electrons. The van der Waals surface area contributed by atoms with Gasteiger partial charge < -0.3 is 10.1 Å². The predicted molar refractivity (Wildman–Crippen MR) is 102 cm³/mol. The van der Waals surface area contributed by atoms with Crippen molar-refractivity contribution in [3.63, 3.8) is 0 Å². The van der Waals surface area contributed by atoms with Gasteiger partial charge in [-0.2, -0.15) is 5.26 Å². The third-order valence-corrected chi connectivity index (χ3v) is 5.13. The molecule has 0 bridgehead atoms. The molecule has 138 valence electrons. The summed E-state index contributed by atoms with van der Waals surface area (Å²) in [5, 5.41) is 13.4. The second-order valence-corrected chi connectivity index (χ2v) is 6.95. The van der Waals surface area contributed by atoms with E-state index in [1.807, 2.05) is 20.8 Å². The van der Waals surface area contributed by atoms with Gasteiger partial charge in [0.1, 0.15) is 11.3 Å². The minimum Gasteiger partial charge on any atom is -0.479 e. The zero-order chi connectivity index (χ0) is 19.0. The summed E-state index contributed by atoms with van der Waals surface area (Å²) < 4.78 is 5.88. The minimum absolute atomic E-state index is 0.289. The van der Waals surface area contributed by atoms with Gasteiger partial charge in [0.2, 0.25) is 0 Å². The lowest BCUT2D eigenvalue weighted by Crippen LogP contribution is -2.51. The number of rotatable bonds is 9. The Morgan fingerprint density at radius 1 is 1.32 bits per heavy atom. The third-order valence-electron chi connectivity index (χ3n) is 4.25. The van der Waals surface area contributed by atoms with Crippen LogP contribution in [0.25, 0.3) is 0 Å². The Morgan fingerprint density at radius 2 is 2.00 bits per heavy atom. The Morgan fingerprint density at radius 3 is 2.52 bits per heavy atom.